The molecule has 0 bridgehead atoms. The van der Waals surface area contributed by atoms with Gasteiger partial charge in [-0.25, -0.2) is 24.9 Å². The quantitative estimate of drug-likeness (QED) is 0.139. The molecule has 50 heavy (non-hydrogen) atoms. The van der Waals surface area contributed by atoms with Gasteiger partial charge in [0.15, 0.2) is 23.3 Å². The van der Waals surface area contributed by atoms with Crippen LogP contribution in [0.5, 0.6) is 0 Å². The van der Waals surface area contributed by atoms with Crippen LogP contribution in [0.4, 0.5) is 0 Å². The third-order valence-corrected chi connectivity index (χ3v) is 9.84. The van der Waals surface area contributed by atoms with Crippen LogP contribution in [-0.4, -0.2) is 27.5 Å². The van der Waals surface area contributed by atoms with Crippen molar-refractivity contribution in [2.45, 2.75) is 12.3 Å². The maximum Gasteiger partial charge on any atom is 0.164 e. The minimum absolute atomic E-state index is 0.538. The van der Waals surface area contributed by atoms with Crippen LogP contribution in [0.1, 0.15) is 34.7 Å². The normalized spacial score (nSPS) is 14.0. The van der Waals surface area contributed by atoms with Crippen LogP contribution in [0.15, 0.2) is 173 Å². The molecular formula is C45H31N5. The molecule has 7 aromatic rings. The zero-order chi connectivity index (χ0) is 33.7. The van der Waals surface area contributed by atoms with Gasteiger partial charge < -0.3 is 0 Å². The predicted molar refractivity (Wildman–Crippen MR) is 203 cm³/mol. The molecule has 6 aromatic carbocycles. The number of benzene rings is 6. The van der Waals surface area contributed by atoms with E-state index in [4.69, 9.17) is 19.9 Å². The summed E-state index contributed by atoms with van der Waals surface area (Å²) < 4.78 is 0. The molecule has 5 heteroatoms. The number of rotatable bonds is 5. The Labute approximate surface area is 291 Å². The van der Waals surface area contributed by atoms with Gasteiger partial charge in [0.05, 0.1) is 11.1 Å². The van der Waals surface area contributed by atoms with E-state index in [1.165, 1.54) is 33.4 Å². The summed E-state index contributed by atoms with van der Waals surface area (Å²) >= 11 is 0. The van der Waals surface area contributed by atoms with Crippen molar-refractivity contribution in [1.82, 2.24) is 15.0 Å². The fourth-order valence-electron chi connectivity index (χ4n) is 7.65. The molecule has 2 aliphatic carbocycles. The van der Waals surface area contributed by atoms with Crippen molar-refractivity contribution in [2.75, 3.05) is 0 Å². The van der Waals surface area contributed by atoms with Crippen LogP contribution >= 0.6 is 0 Å². The van der Waals surface area contributed by atoms with Crippen LogP contribution in [0, 0.1) is 0 Å². The second kappa shape index (κ2) is 11.8. The Morgan fingerprint density at radius 1 is 0.500 bits per heavy atom. The van der Waals surface area contributed by atoms with Gasteiger partial charge in [0.25, 0.3) is 0 Å². The van der Waals surface area contributed by atoms with Crippen LogP contribution in [-0.2, 0) is 5.41 Å². The maximum atomic E-state index is 5.47. The van der Waals surface area contributed by atoms with Crippen molar-refractivity contribution < 1.29 is 0 Å². The minimum atomic E-state index is -0.579. The van der Waals surface area contributed by atoms with Crippen molar-refractivity contribution in [3.8, 4) is 45.3 Å². The first-order chi connectivity index (χ1) is 24.7. The van der Waals surface area contributed by atoms with Gasteiger partial charge in [-0.05, 0) is 58.7 Å². The molecule has 0 saturated carbocycles. The SMILES string of the molecule is C=N/C(=N\C1=C(C)c2ccccc2C12c1ccccc1-c1ccccc12)c1cccc(-c2nc(-c3ccccc3)nc(-c3ccccc3)n2)c1. The first kappa shape index (κ1) is 29.5. The lowest BCUT2D eigenvalue weighted by Crippen LogP contribution is -2.27. The van der Waals surface area contributed by atoms with Crippen LogP contribution in [0.3, 0.4) is 0 Å². The Morgan fingerprint density at radius 3 is 1.48 bits per heavy atom. The number of aromatic nitrogens is 3. The highest BCUT2D eigenvalue weighted by atomic mass is 15.0. The maximum absolute atomic E-state index is 5.47. The Bertz CT molecular complexity index is 2410. The molecule has 0 saturated heterocycles. The van der Waals surface area contributed by atoms with E-state index in [-0.39, 0.29) is 0 Å². The molecule has 0 atom stereocenters. The van der Waals surface area contributed by atoms with E-state index in [0.717, 1.165) is 33.5 Å². The second-order valence-electron chi connectivity index (χ2n) is 12.6. The second-order valence-corrected chi connectivity index (χ2v) is 12.6. The molecule has 9 rings (SSSR count). The largest absolute Gasteiger partial charge is 0.245 e. The molecule has 1 aromatic heterocycles. The summed E-state index contributed by atoms with van der Waals surface area (Å²) in [6, 6.07) is 54.2. The highest BCUT2D eigenvalue weighted by molar-refractivity contribution is 6.04. The number of amidine groups is 1. The molecule has 5 nitrogen and oxygen atoms in total. The van der Waals surface area contributed by atoms with Gasteiger partial charge in [0, 0.05) is 22.3 Å². The van der Waals surface area contributed by atoms with Gasteiger partial charge in [0.1, 0.15) is 0 Å². The lowest BCUT2D eigenvalue weighted by atomic mass is 9.72. The number of allylic oxidation sites excluding steroid dienone is 2. The van der Waals surface area contributed by atoms with E-state index in [1.54, 1.807) is 0 Å². The number of hydrogen-bond acceptors (Lipinski definition) is 4. The number of aliphatic imine (C=N–C) groups is 2. The summed E-state index contributed by atoms with van der Waals surface area (Å²) in [4.78, 5) is 24.8. The summed E-state index contributed by atoms with van der Waals surface area (Å²) in [6.07, 6.45) is 0. The number of fused-ring (bicyclic) bond motifs is 7. The first-order valence-electron chi connectivity index (χ1n) is 16.7. The van der Waals surface area contributed by atoms with Crippen molar-refractivity contribution in [3.63, 3.8) is 0 Å². The highest BCUT2D eigenvalue weighted by Crippen LogP contribution is 2.62. The minimum Gasteiger partial charge on any atom is -0.245 e. The fraction of sp³-hybridized carbons (Fsp3) is 0.0444. The summed E-state index contributed by atoms with van der Waals surface area (Å²) in [5, 5.41) is 0. The van der Waals surface area contributed by atoms with Crippen molar-refractivity contribution in [3.05, 3.63) is 191 Å². The molecule has 1 heterocycles. The fourth-order valence-corrected chi connectivity index (χ4v) is 7.65. The van der Waals surface area contributed by atoms with E-state index < -0.39 is 5.41 Å². The summed E-state index contributed by atoms with van der Waals surface area (Å²) in [6.45, 7) is 6.20. The van der Waals surface area contributed by atoms with E-state index in [9.17, 15) is 0 Å². The summed E-state index contributed by atoms with van der Waals surface area (Å²) in [5.74, 6) is 2.33. The van der Waals surface area contributed by atoms with Crippen LogP contribution < -0.4 is 0 Å². The summed E-state index contributed by atoms with van der Waals surface area (Å²) in [5.41, 5.74) is 12.4. The lowest BCUT2D eigenvalue weighted by molar-refractivity contribution is 0.755. The average Bonchev–Trinajstić information content (AvgIpc) is 3.63. The Balaban J connectivity index is 1.22. The van der Waals surface area contributed by atoms with Gasteiger partial charge >= 0.3 is 0 Å². The molecule has 2 aliphatic rings. The average molecular weight is 642 g/mol. The molecule has 0 fully saturated rings. The molecule has 0 N–H and O–H groups in total. The van der Waals surface area contributed by atoms with Gasteiger partial charge in [0.2, 0.25) is 0 Å². The molecule has 0 radical (unpaired) electrons. The highest BCUT2D eigenvalue weighted by Gasteiger charge is 2.52. The Hall–Kier alpha value is -6.59. The standard InChI is InChI=1S/C45H31N5/c1-29-34-22-9-12-25-37(34)45(38-26-13-10-23-35(38)36-24-11-14-27-39(36)45)40(29)47-41(46-2)32-20-15-21-33(28-32)44-49-42(30-16-5-3-6-17-30)48-43(50-44)31-18-7-4-8-19-31/h3-28H,2H2,1H3/b47-41-. The smallest absolute Gasteiger partial charge is 0.164 e. The molecule has 0 unspecified atom stereocenters. The Kier molecular flexibility index (Phi) is 6.99. The number of nitrogens with zero attached hydrogens (tertiary/aromatic N) is 5. The van der Waals surface area contributed by atoms with Crippen LogP contribution in [0.25, 0.3) is 50.9 Å². The molecular weight excluding hydrogens is 611 g/mol. The Morgan fingerprint density at radius 2 is 0.940 bits per heavy atom. The van der Waals surface area contributed by atoms with Gasteiger partial charge in [-0.2, -0.15) is 0 Å². The molecule has 0 aliphatic heterocycles. The summed E-state index contributed by atoms with van der Waals surface area (Å²) in [7, 11) is 0. The molecule has 236 valence electrons. The molecule has 1 spiro atoms. The van der Waals surface area contributed by atoms with E-state index in [1.807, 2.05) is 84.9 Å². The third kappa shape index (κ3) is 4.51. The zero-order valence-corrected chi connectivity index (χ0v) is 27.5. The lowest BCUT2D eigenvalue weighted by Gasteiger charge is -2.30. The number of hydrogen-bond donors (Lipinski definition) is 0. The zero-order valence-electron chi connectivity index (χ0n) is 27.5. The third-order valence-electron chi connectivity index (χ3n) is 9.84. The van der Waals surface area contributed by atoms with Gasteiger partial charge in [-0.3, -0.25) is 0 Å². The predicted octanol–water partition coefficient (Wildman–Crippen LogP) is 10.1. The van der Waals surface area contributed by atoms with Crippen LogP contribution in [0.2, 0.25) is 0 Å². The first-order valence-corrected chi connectivity index (χ1v) is 16.7. The van der Waals surface area contributed by atoms with Crippen molar-refractivity contribution in [1.29, 1.82) is 0 Å². The van der Waals surface area contributed by atoms with Crippen molar-refractivity contribution in [2.24, 2.45) is 9.98 Å². The van der Waals surface area contributed by atoms with Gasteiger partial charge in [-0.15, -0.1) is 0 Å². The monoisotopic (exact) mass is 641 g/mol. The van der Waals surface area contributed by atoms with E-state index in [2.05, 4.69) is 91.4 Å². The van der Waals surface area contributed by atoms with E-state index in [0.29, 0.717) is 23.3 Å². The molecule has 0 amide bonds. The topological polar surface area (TPSA) is 63.4 Å². The van der Waals surface area contributed by atoms with Crippen molar-refractivity contribution >= 4 is 18.1 Å². The van der Waals surface area contributed by atoms with Gasteiger partial charge in [-0.1, -0.05) is 152 Å². The van der Waals surface area contributed by atoms with E-state index >= 15 is 0 Å².